The summed E-state index contributed by atoms with van der Waals surface area (Å²) in [6.07, 6.45) is 104. The van der Waals surface area contributed by atoms with Crippen molar-refractivity contribution in [1.82, 2.24) is 0 Å². The highest BCUT2D eigenvalue weighted by molar-refractivity contribution is 5.71. The number of allylic oxidation sites excluding steroid dienone is 30. The van der Waals surface area contributed by atoms with Gasteiger partial charge in [0, 0.05) is 19.3 Å². The van der Waals surface area contributed by atoms with Gasteiger partial charge in [0.25, 0.3) is 0 Å². The second-order valence-electron chi connectivity index (χ2n) is 21.3. The van der Waals surface area contributed by atoms with Crippen LogP contribution in [-0.4, -0.2) is 37.2 Å². The number of carbonyl (C=O) groups excluding carboxylic acids is 3. The van der Waals surface area contributed by atoms with Gasteiger partial charge in [-0.25, -0.2) is 0 Å². The van der Waals surface area contributed by atoms with E-state index >= 15 is 0 Å². The monoisotopic (exact) mass is 1140 g/mol. The first-order valence-electron chi connectivity index (χ1n) is 33.3. The normalized spacial score (nSPS) is 13.3. The Balaban J connectivity index is 4.25. The van der Waals surface area contributed by atoms with E-state index in [9.17, 15) is 14.4 Å². The van der Waals surface area contributed by atoms with Crippen LogP contribution in [0.2, 0.25) is 0 Å². The molecule has 0 aromatic rings. The first kappa shape index (κ1) is 77.5. The third kappa shape index (κ3) is 67.2. The summed E-state index contributed by atoms with van der Waals surface area (Å²) in [5, 5.41) is 0. The van der Waals surface area contributed by atoms with Gasteiger partial charge in [0.05, 0.1) is 0 Å². The van der Waals surface area contributed by atoms with Crippen LogP contribution in [0.4, 0.5) is 0 Å². The molecule has 464 valence electrons. The SMILES string of the molecule is CC/C=C\C/C=C\C/C=C\C/C=C\C/C=C\C/C=C\C/C=C\C/C=C\CCCCCCCCCCC(=O)OCC(COC(=O)CCCCCCCCC)OC(=O)CCCCC/C=C\C/C=C\C/C=C\C/C=C\C/C=C\C/C=C\C/C=C\CC. The first-order chi connectivity index (χ1) is 41.0. The van der Waals surface area contributed by atoms with Crippen LogP contribution in [0.25, 0.3) is 0 Å². The van der Waals surface area contributed by atoms with Crippen LogP contribution in [0.3, 0.4) is 0 Å². The molecule has 0 saturated heterocycles. The van der Waals surface area contributed by atoms with Crippen LogP contribution >= 0.6 is 0 Å². The molecule has 0 aromatic carbocycles. The molecule has 0 amide bonds. The molecular weight excluding hydrogens is 1020 g/mol. The van der Waals surface area contributed by atoms with Gasteiger partial charge in [-0.05, 0) is 141 Å². The van der Waals surface area contributed by atoms with Gasteiger partial charge in [-0.1, -0.05) is 287 Å². The lowest BCUT2D eigenvalue weighted by Crippen LogP contribution is -2.30. The molecule has 6 nitrogen and oxygen atoms in total. The third-order valence-corrected chi connectivity index (χ3v) is 13.4. The average Bonchev–Trinajstić information content (AvgIpc) is 3.50. The summed E-state index contributed by atoms with van der Waals surface area (Å²) in [4.78, 5) is 38.1. The van der Waals surface area contributed by atoms with Gasteiger partial charge in [0.1, 0.15) is 13.2 Å². The average molecular weight is 1140 g/mol. The number of carbonyl (C=O) groups is 3. The quantitative estimate of drug-likeness (QED) is 0.0261. The Labute approximate surface area is 510 Å². The van der Waals surface area contributed by atoms with E-state index in [1.165, 1.54) is 57.8 Å². The minimum absolute atomic E-state index is 0.101. The van der Waals surface area contributed by atoms with Crippen molar-refractivity contribution in [2.24, 2.45) is 0 Å². The highest BCUT2D eigenvalue weighted by Gasteiger charge is 2.19. The molecule has 0 radical (unpaired) electrons. The lowest BCUT2D eigenvalue weighted by molar-refractivity contribution is -0.167. The van der Waals surface area contributed by atoms with E-state index in [4.69, 9.17) is 14.2 Å². The predicted octanol–water partition coefficient (Wildman–Crippen LogP) is 23.2. The number of hydrogen-bond donors (Lipinski definition) is 0. The Morgan fingerprint density at radius 1 is 0.253 bits per heavy atom. The molecule has 0 N–H and O–H groups in total. The van der Waals surface area contributed by atoms with E-state index in [2.05, 4.69) is 203 Å². The standard InChI is InChI=1S/C77H120O6/c1-4-7-10-13-16-18-20-22-24-26-28-30-32-34-35-36-37-38-39-40-41-43-44-46-48-50-52-54-56-58-61-64-67-70-76(79)82-73-74(72-81-75(78)69-66-63-60-15-12-9-6-3)83-77(80)71-68-65-62-59-57-55-53-51-49-47-45-42-33-31-29-27-25-23-21-19-17-14-11-8-5-2/h7-8,10-11,16-19,22-25,28-31,34-35,37-38,40-42,44-46,49,51,55,57,74H,4-6,9,12-15,20-21,26-27,32-33,36,39,43,47-48,50,52-54,56,58-73H2,1-3H3/b10-7-,11-8-,18-16-,19-17-,24-22-,25-23-,30-28-,31-29-,35-34-,38-37-,41-40-,45-42-,46-44-,51-49-,57-55-. The summed E-state index contributed by atoms with van der Waals surface area (Å²) in [5.41, 5.74) is 0. The Bertz CT molecular complexity index is 1940. The van der Waals surface area contributed by atoms with Gasteiger partial charge < -0.3 is 14.2 Å². The molecule has 0 saturated carbocycles. The maximum Gasteiger partial charge on any atom is 0.306 e. The largest absolute Gasteiger partial charge is 0.462 e. The minimum atomic E-state index is -0.807. The Kier molecular flexibility index (Phi) is 64.4. The maximum atomic E-state index is 12.9. The molecule has 6 heteroatoms. The summed E-state index contributed by atoms with van der Waals surface area (Å²) < 4.78 is 16.8. The van der Waals surface area contributed by atoms with Crippen molar-refractivity contribution in [2.75, 3.05) is 13.2 Å². The van der Waals surface area contributed by atoms with Gasteiger partial charge >= 0.3 is 17.9 Å². The van der Waals surface area contributed by atoms with E-state index in [-0.39, 0.29) is 37.5 Å². The lowest BCUT2D eigenvalue weighted by Gasteiger charge is -2.18. The third-order valence-electron chi connectivity index (χ3n) is 13.4. The summed E-state index contributed by atoms with van der Waals surface area (Å²) in [6, 6.07) is 0. The van der Waals surface area contributed by atoms with Crippen LogP contribution in [0, 0.1) is 0 Å². The summed E-state index contributed by atoms with van der Waals surface area (Å²) in [5.74, 6) is -0.956. The molecule has 0 heterocycles. The van der Waals surface area contributed by atoms with Crippen molar-refractivity contribution in [2.45, 2.75) is 271 Å². The molecule has 0 aromatic heterocycles. The minimum Gasteiger partial charge on any atom is -0.462 e. The summed E-state index contributed by atoms with van der Waals surface area (Å²) >= 11 is 0. The molecule has 0 aliphatic heterocycles. The fraction of sp³-hybridized carbons (Fsp3) is 0.571. The van der Waals surface area contributed by atoms with Crippen LogP contribution in [-0.2, 0) is 28.6 Å². The molecule has 0 spiro atoms. The van der Waals surface area contributed by atoms with E-state index in [0.29, 0.717) is 19.3 Å². The van der Waals surface area contributed by atoms with Crippen molar-refractivity contribution in [3.8, 4) is 0 Å². The Hall–Kier alpha value is -5.49. The van der Waals surface area contributed by atoms with Crippen molar-refractivity contribution < 1.29 is 28.6 Å². The fourth-order valence-corrected chi connectivity index (χ4v) is 8.50. The zero-order chi connectivity index (χ0) is 59.9. The topological polar surface area (TPSA) is 78.9 Å². The molecule has 0 bridgehead atoms. The zero-order valence-electron chi connectivity index (χ0n) is 53.1. The lowest BCUT2D eigenvalue weighted by atomic mass is 10.1. The van der Waals surface area contributed by atoms with Gasteiger partial charge in [-0.2, -0.15) is 0 Å². The molecule has 1 unspecified atom stereocenters. The van der Waals surface area contributed by atoms with Crippen molar-refractivity contribution >= 4 is 17.9 Å². The molecule has 0 aliphatic rings. The first-order valence-corrected chi connectivity index (χ1v) is 33.3. The van der Waals surface area contributed by atoms with Crippen LogP contribution in [0.15, 0.2) is 182 Å². The number of hydrogen-bond acceptors (Lipinski definition) is 6. The molecule has 0 fully saturated rings. The van der Waals surface area contributed by atoms with Gasteiger partial charge in [-0.15, -0.1) is 0 Å². The number of ether oxygens (including phenoxy) is 3. The highest BCUT2D eigenvalue weighted by atomic mass is 16.6. The zero-order valence-corrected chi connectivity index (χ0v) is 53.1. The number of esters is 3. The van der Waals surface area contributed by atoms with E-state index in [1.54, 1.807) is 0 Å². The second-order valence-corrected chi connectivity index (χ2v) is 21.3. The van der Waals surface area contributed by atoms with Gasteiger partial charge in [0.15, 0.2) is 6.10 Å². The van der Waals surface area contributed by atoms with Crippen molar-refractivity contribution in [3.63, 3.8) is 0 Å². The number of unbranched alkanes of at least 4 members (excludes halogenated alkanes) is 17. The van der Waals surface area contributed by atoms with E-state index in [1.807, 2.05) is 0 Å². The van der Waals surface area contributed by atoms with E-state index < -0.39 is 6.10 Å². The number of rotatable bonds is 58. The second kappa shape index (κ2) is 69.0. The Morgan fingerprint density at radius 2 is 0.470 bits per heavy atom. The fourth-order valence-electron chi connectivity index (χ4n) is 8.50. The van der Waals surface area contributed by atoms with Crippen LogP contribution in [0.5, 0.6) is 0 Å². The predicted molar refractivity (Wildman–Crippen MR) is 361 cm³/mol. The molecule has 1 atom stereocenters. The smallest absolute Gasteiger partial charge is 0.306 e. The Morgan fingerprint density at radius 3 is 0.747 bits per heavy atom. The molecule has 0 rings (SSSR count). The molecule has 83 heavy (non-hydrogen) atoms. The molecular formula is C77H120O6. The maximum absolute atomic E-state index is 12.9. The summed E-state index contributed by atoms with van der Waals surface area (Å²) in [7, 11) is 0. The van der Waals surface area contributed by atoms with Crippen molar-refractivity contribution in [3.05, 3.63) is 182 Å². The van der Waals surface area contributed by atoms with Crippen LogP contribution < -0.4 is 0 Å². The van der Waals surface area contributed by atoms with Crippen LogP contribution in [0.1, 0.15) is 265 Å². The highest BCUT2D eigenvalue weighted by Crippen LogP contribution is 2.14. The van der Waals surface area contributed by atoms with Gasteiger partial charge in [0.2, 0.25) is 0 Å². The van der Waals surface area contributed by atoms with Gasteiger partial charge in [-0.3, -0.25) is 14.4 Å². The summed E-state index contributed by atoms with van der Waals surface area (Å²) in [6.45, 7) is 6.32. The molecule has 0 aliphatic carbocycles. The van der Waals surface area contributed by atoms with Crippen molar-refractivity contribution in [1.29, 1.82) is 0 Å². The van der Waals surface area contributed by atoms with E-state index in [0.717, 1.165) is 161 Å².